The molecule has 0 saturated heterocycles. The molecule has 0 spiro atoms. The molecule has 0 unspecified atom stereocenters. The van der Waals surface area contributed by atoms with Gasteiger partial charge in [-0.05, 0) is 46.5 Å². The van der Waals surface area contributed by atoms with Gasteiger partial charge in [-0.3, -0.25) is 0 Å². The van der Waals surface area contributed by atoms with Crippen molar-refractivity contribution in [3.05, 3.63) is 97.1 Å². The van der Waals surface area contributed by atoms with Crippen molar-refractivity contribution in [2.24, 2.45) is 0 Å². The lowest BCUT2D eigenvalue weighted by atomic mass is 10.0. The SMILES string of the molecule is c1ccc(-c2ccc3c(c2)Sc2cc(-c4ccccc4)ccc2N3)cc1. The number of fused-ring (bicyclic) bond motifs is 2. The minimum absolute atomic E-state index is 1.18. The van der Waals surface area contributed by atoms with Crippen molar-refractivity contribution < 1.29 is 0 Å². The van der Waals surface area contributed by atoms with Crippen LogP contribution >= 0.6 is 11.8 Å². The average Bonchev–Trinajstić information content (AvgIpc) is 2.73. The van der Waals surface area contributed by atoms with E-state index in [4.69, 9.17) is 0 Å². The van der Waals surface area contributed by atoms with Gasteiger partial charge in [0.2, 0.25) is 0 Å². The Kier molecular flexibility index (Phi) is 3.76. The monoisotopic (exact) mass is 351 g/mol. The highest BCUT2D eigenvalue weighted by molar-refractivity contribution is 7.99. The van der Waals surface area contributed by atoms with Gasteiger partial charge in [0.15, 0.2) is 0 Å². The largest absolute Gasteiger partial charge is 0.354 e. The Morgan fingerprint density at radius 2 is 0.923 bits per heavy atom. The molecule has 1 N–H and O–H groups in total. The van der Waals surface area contributed by atoms with E-state index < -0.39 is 0 Å². The van der Waals surface area contributed by atoms with Crippen LogP contribution in [0.15, 0.2) is 107 Å². The zero-order valence-corrected chi connectivity index (χ0v) is 15.0. The van der Waals surface area contributed by atoms with E-state index in [1.54, 1.807) is 0 Å². The summed E-state index contributed by atoms with van der Waals surface area (Å²) >= 11 is 1.84. The first-order chi connectivity index (χ1) is 12.9. The van der Waals surface area contributed by atoms with Gasteiger partial charge in [-0.1, -0.05) is 84.6 Å². The Morgan fingerprint density at radius 3 is 1.38 bits per heavy atom. The number of nitrogens with one attached hydrogen (secondary N) is 1. The molecule has 0 atom stereocenters. The molecule has 1 aliphatic heterocycles. The van der Waals surface area contributed by atoms with Crippen LogP contribution in [-0.2, 0) is 0 Å². The molecule has 124 valence electrons. The third kappa shape index (κ3) is 2.79. The van der Waals surface area contributed by atoms with Crippen LogP contribution in [0.2, 0.25) is 0 Å². The second-order valence-electron chi connectivity index (χ2n) is 6.38. The fourth-order valence-corrected chi connectivity index (χ4v) is 4.37. The van der Waals surface area contributed by atoms with Gasteiger partial charge in [-0.25, -0.2) is 0 Å². The van der Waals surface area contributed by atoms with E-state index in [1.165, 1.54) is 43.4 Å². The van der Waals surface area contributed by atoms with Crippen LogP contribution in [0.25, 0.3) is 22.3 Å². The van der Waals surface area contributed by atoms with E-state index >= 15 is 0 Å². The minimum Gasteiger partial charge on any atom is -0.354 e. The van der Waals surface area contributed by atoms with Crippen LogP contribution in [0.5, 0.6) is 0 Å². The standard InChI is InChI=1S/C24H17NS/c1-3-7-17(8-4-1)19-11-13-21-23(15-19)26-24-16-20(12-14-22(24)25-21)18-9-5-2-6-10-18/h1-16,25H. The summed E-state index contributed by atoms with van der Waals surface area (Å²) in [4.78, 5) is 2.54. The van der Waals surface area contributed by atoms with Gasteiger partial charge in [0, 0.05) is 9.79 Å². The lowest BCUT2D eigenvalue weighted by molar-refractivity contribution is 1.31. The molecule has 1 aliphatic rings. The maximum absolute atomic E-state index is 3.58. The predicted octanol–water partition coefficient (Wildman–Crippen LogP) is 7.23. The van der Waals surface area contributed by atoms with Gasteiger partial charge in [0.25, 0.3) is 0 Å². The molecule has 1 nitrogen and oxygen atoms in total. The van der Waals surface area contributed by atoms with Gasteiger partial charge in [0.05, 0.1) is 11.4 Å². The van der Waals surface area contributed by atoms with E-state index in [1.807, 2.05) is 11.8 Å². The lowest BCUT2D eigenvalue weighted by Gasteiger charge is -2.22. The number of hydrogen-bond acceptors (Lipinski definition) is 2. The van der Waals surface area contributed by atoms with E-state index in [0.29, 0.717) is 0 Å². The van der Waals surface area contributed by atoms with Gasteiger partial charge in [-0.15, -0.1) is 0 Å². The lowest BCUT2D eigenvalue weighted by Crippen LogP contribution is -2.00. The zero-order chi connectivity index (χ0) is 17.3. The van der Waals surface area contributed by atoms with Gasteiger partial charge < -0.3 is 5.32 Å². The second kappa shape index (κ2) is 6.40. The maximum Gasteiger partial charge on any atom is 0.0526 e. The van der Waals surface area contributed by atoms with Gasteiger partial charge in [0.1, 0.15) is 0 Å². The first-order valence-electron chi connectivity index (χ1n) is 8.71. The summed E-state index contributed by atoms with van der Waals surface area (Å²) < 4.78 is 0. The van der Waals surface area contributed by atoms with Crippen molar-refractivity contribution in [3.63, 3.8) is 0 Å². The Labute approximate surface area is 157 Å². The number of benzene rings is 4. The molecule has 4 aromatic rings. The molecule has 1 heterocycles. The van der Waals surface area contributed by atoms with Crippen LogP contribution in [0, 0.1) is 0 Å². The summed E-state index contributed by atoms with van der Waals surface area (Å²) in [5.41, 5.74) is 7.35. The fraction of sp³-hybridized carbons (Fsp3) is 0. The summed E-state index contributed by atoms with van der Waals surface area (Å²) in [5, 5.41) is 3.58. The minimum atomic E-state index is 1.18. The number of hydrogen-bond donors (Lipinski definition) is 1. The molecule has 0 saturated carbocycles. The van der Waals surface area contributed by atoms with E-state index in [0.717, 1.165) is 0 Å². The third-order valence-electron chi connectivity index (χ3n) is 4.67. The Balaban J connectivity index is 1.52. The molecule has 4 aromatic carbocycles. The number of rotatable bonds is 2. The molecular weight excluding hydrogens is 334 g/mol. The van der Waals surface area contributed by atoms with E-state index in [9.17, 15) is 0 Å². The van der Waals surface area contributed by atoms with E-state index in [2.05, 4.69) is 102 Å². The Bertz CT molecular complexity index is 985. The molecule has 2 heteroatoms. The molecule has 26 heavy (non-hydrogen) atoms. The molecule has 0 aliphatic carbocycles. The van der Waals surface area contributed by atoms with Crippen LogP contribution in [0.1, 0.15) is 0 Å². The highest BCUT2D eigenvalue weighted by Gasteiger charge is 2.17. The zero-order valence-electron chi connectivity index (χ0n) is 14.1. The highest BCUT2D eigenvalue weighted by atomic mass is 32.2. The van der Waals surface area contributed by atoms with Crippen molar-refractivity contribution in [1.29, 1.82) is 0 Å². The van der Waals surface area contributed by atoms with Crippen LogP contribution in [0.3, 0.4) is 0 Å². The molecule has 0 radical (unpaired) electrons. The third-order valence-corrected chi connectivity index (χ3v) is 5.78. The quantitative estimate of drug-likeness (QED) is 0.360. The Morgan fingerprint density at radius 1 is 0.462 bits per heavy atom. The average molecular weight is 351 g/mol. The van der Waals surface area contributed by atoms with Crippen LogP contribution < -0.4 is 5.32 Å². The summed E-state index contributed by atoms with van der Waals surface area (Å²) in [6.45, 7) is 0. The molecular formula is C24H17NS. The van der Waals surface area contributed by atoms with Crippen molar-refractivity contribution in [2.45, 2.75) is 9.79 Å². The first-order valence-corrected chi connectivity index (χ1v) is 9.52. The normalized spacial score (nSPS) is 12.0. The van der Waals surface area contributed by atoms with E-state index in [-0.39, 0.29) is 0 Å². The molecule has 0 amide bonds. The molecule has 0 fully saturated rings. The predicted molar refractivity (Wildman–Crippen MR) is 111 cm³/mol. The molecule has 0 bridgehead atoms. The fourth-order valence-electron chi connectivity index (χ4n) is 3.30. The van der Waals surface area contributed by atoms with Crippen molar-refractivity contribution in [3.8, 4) is 22.3 Å². The first kappa shape index (κ1) is 15.3. The van der Waals surface area contributed by atoms with Gasteiger partial charge in [-0.2, -0.15) is 0 Å². The maximum atomic E-state index is 3.58. The molecule has 0 aromatic heterocycles. The smallest absolute Gasteiger partial charge is 0.0526 e. The Hall–Kier alpha value is -2.97. The van der Waals surface area contributed by atoms with Crippen molar-refractivity contribution in [2.75, 3.05) is 5.32 Å². The second-order valence-corrected chi connectivity index (χ2v) is 7.46. The summed E-state index contributed by atoms with van der Waals surface area (Å²) in [7, 11) is 0. The van der Waals surface area contributed by atoms with Crippen molar-refractivity contribution in [1.82, 2.24) is 0 Å². The molecule has 5 rings (SSSR count). The summed E-state index contributed by atoms with van der Waals surface area (Å²) in [5.74, 6) is 0. The highest BCUT2D eigenvalue weighted by Crippen LogP contribution is 2.46. The summed E-state index contributed by atoms with van der Waals surface area (Å²) in [6, 6.07) is 34.4. The van der Waals surface area contributed by atoms with Gasteiger partial charge >= 0.3 is 0 Å². The van der Waals surface area contributed by atoms with Crippen LogP contribution in [0.4, 0.5) is 11.4 Å². The van der Waals surface area contributed by atoms with Crippen molar-refractivity contribution >= 4 is 23.1 Å². The summed E-state index contributed by atoms with van der Waals surface area (Å²) in [6.07, 6.45) is 0. The number of anilines is 2. The topological polar surface area (TPSA) is 12.0 Å². The van der Waals surface area contributed by atoms with Crippen LogP contribution in [-0.4, -0.2) is 0 Å².